The van der Waals surface area contributed by atoms with Crippen LogP contribution < -0.4 is 5.32 Å². The van der Waals surface area contributed by atoms with E-state index in [9.17, 15) is 4.79 Å². The fourth-order valence-electron chi connectivity index (χ4n) is 2.21. The average molecular weight is 282 g/mol. The predicted molar refractivity (Wildman–Crippen MR) is 87.6 cm³/mol. The summed E-state index contributed by atoms with van der Waals surface area (Å²) in [7, 11) is 1.83. The zero-order valence-electron chi connectivity index (χ0n) is 12.8. The van der Waals surface area contributed by atoms with E-state index >= 15 is 0 Å². The number of anilines is 1. The Morgan fingerprint density at radius 2 is 1.71 bits per heavy atom. The summed E-state index contributed by atoms with van der Waals surface area (Å²) in [6, 6.07) is 18.1. The van der Waals surface area contributed by atoms with Gasteiger partial charge in [0, 0.05) is 18.8 Å². The number of carbonyl (C=O) groups is 1. The van der Waals surface area contributed by atoms with Gasteiger partial charge in [0.25, 0.3) is 0 Å². The second-order valence-corrected chi connectivity index (χ2v) is 5.39. The fraction of sp³-hybridized carbons (Fsp3) is 0.278. The molecule has 0 bridgehead atoms. The molecule has 2 aromatic rings. The molecule has 0 radical (unpaired) electrons. The number of nitrogens with zero attached hydrogens (tertiary/aromatic N) is 1. The van der Waals surface area contributed by atoms with Crippen molar-refractivity contribution in [1.29, 1.82) is 0 Å². The Bertz CT molecular complexity index is 595. The predicted octanol–water partition coefficient (Wildman–Crippen LogP) is 4.09. The van der Waals surface area contributed by atoms with Crippen LogP contribution in [0.15, 0.2) is 54.6 Å². The number of nitrogens with one attached hydrogen (secondary N) is 1. The lowest BCUT2D eigenvalue weighted by Gasteiger charge is -2.25. The molecule has 0 spiro atoms. The SMILES string of the molecule is Cc1ccccc1NC(=O)N(C)[C@@H](C)Cc1ccccc1. The van der Waals surface area contributed by atoms with Crippen LogP contribution in [0.4, 0.5) is 10.5 Å². The molecule has 2 amide bonds. The molecule has 0 aliphatic rings. The molecule has 2 aromatic carbocycles. The van der Waals surface area contributed by atoms with E-state index in [4.69, 9.17) is 0 Å². The summed E-state index contributed by atoms with van der Waals surface area (Å²) >= 11 is 0. The van der Waals surface area contributed by atoms with E-state index < -0.39 is 0 Å². The quantitative estimate of drug-likeness (QED) is 0.900. The molecule has 3 nitrogen and oxygen atoms in total. The molecule has 1 N–H and O–H groups in total. The van der Waals surface area contributed by atoms with E-state index in [1.807, 2.05) is 56.4 Å². The number of likely N-dealkylation sites (N-methyl/N-ethyl adjacent to an activating group) is 1. The first-order valence-electron chi connectivity index (χ1n) is 7.21. The molecule has 0 saturated heterocycles. The van der Waals surface area contributed by atoms with Crippen molar-refractivity contribution in [2.75, 3.05) is 12.4 Å². The molecule has 1 atom stereocenters. The third kappa shape index (κ3) is 4.09. The molecular formula is C18H22N2O. The van der Waals surface area contributed by atoms with Crippen LogP contribution in [0.1, 0.15) is 18.1 Å². The molecule has 0 unspecified atom stereocenters. The Hall–Kier alpha value is -2.29. The van der Waals surface area contributed by atoms with Crippen molar-refractivity contribution in [2.24, 2.45) is 0 Å². The van der Waals surface area contributed by atoms with Gasteiger partial charge < -0.3 is 10.2 Å². The van der Waals surface area contributed by atoms with Crippen LogP contribution in [0.2, 0.25) is 0 Å². The number of amides is 2. The van der Waals surface area contributed by atoms with Gasteiger partial charge in [-0.1, -0.05) is 48.5 Å². The van der Waals surface area contributed by atoms with E-state index in [1.54, 1.807) is 4.90 Å². The van der Waals surface area contributed by atoms with Crippen LogP contribution >= 0.6 is 0 Å². The second-order valence-electron chi connectivity index (χ2n) is 5.39. The van der Waals surface area contributed by atoms with E-state index in [0.717, 1.165) is 17.7 Å². The number of urea groups is 1. The van der Waals surface area contributed by atoms with Gasteiger partial charge in [-0.25, -0.2) is 4.79 Å². The first-order valence-corrected chi connectivity index (χ1v) is 7.21. The Kier molecular flexibility index (Phi) is 4.99. The van der Waals surface area contributed by atoms with Crippen molar-refractivity contribution >= 4 is 11.7 Å². The number of aryl methyl sites for hydroxylation is 1. The number of hydrogen-bond donors (Lipinski definition) is 1. The lowest BCUT2D eigenvalue weighted by Crippen LogP contribution is -2.39. The van der Waals surface area contributed by atoms with E-state index in [1.165, 1.54) is 5.56 Å². The number of hydrogen-bond acceptors (Lipinski definition) is 1. The summed E-state index contributed by atoms with van der Waals surface area (Å²) in [5.41, 5.74) is 3.16. The Balaban J connectivity index is 1.97. The van der Waals surface area contributed by atoms with Crippen molar-refractivity contribution < 1.29 is 4.79 Å². The monoisotopic (exact) mass is 282 g/mol. The standard InChI is InChI=1S/C18H22N2O/c1-14-9-7-8-12-17(14)19-18(21)20(3)15(2)13-16-10-5-4-6-11-16/h4-12,15H,13H2,1-3H3,(H,19,21)/t15-/m0/s1. The molecular weight excluding hydrogens is 260 g/mol. The maximum absolute atomic E-state index is 12.3. The van der Waals surface area contributed by atoms with Crippen LogP contribution in [-0.4, -0.2) is 24.0 Å². The molecule has 2 rings (SSSR count). The molecule has 0 fully saturated rings. The van der Waals surface area contributed by atoms with Crippen LogP contribution in [0.3, 0.4) is 0 Å². The third-order valence-electron chi connectivity index (χ3n) is 3.74. The highest BCUT2D eigenvalue weighted by Crippen LogP contribution is 2.15. The Morgan fingerprint density at radius 3 is 2.38 bits per heavy atom. The number of rotatable bonds is 4. The summed E-state index contributed by atoms with van der Waals surface area (Å²) in [5.74, 6) is 0. The topological polar surface area (TPSA) is 32.3 Å². The zero-order chi connectivity index (χ0) is 15.2. The van der Waals surface area contributed by atoms with Crippen LogP contribution in [0, 0.1) is 6.92 Å². The van der Waals surface area contributed by atoms with Gasteiger partial charge in [0.1, 0.15) is 0 Å². The fourth-order valence-corrected chi connectivity index (χ4v) is 2.21. The van der Waals surface area contributed by atoms with Gasteiger partial charge in [-0.15, -0.1) is 0 Å². The van der Waals surface area contributed by atoms with E-state index in [-0.39, 0.29) is 12.1 Å². The molecule has 0 aliphatic heterocycles. The minimum atomic E-state index is -0.0762. The summed E-state index contributed by atoms with van der Waals surface area (Å²) in [6.07, 6.45) is 0.846. The summed E-state index contributed by atoms with van der Waals surface area (Å²) in [5, 5.41) is 2.96. The van der Waals surface area contributed by atoms with E-state index in [2.05, 4.69) is 24.4 Å². The van der Waals surface area contributed by atoms with Crippen molar-refractivity contribution in [2.45, 2.75) is 26.3 Å². The maximum Gasteiger partial charge on any atom is 0.321 e. The first-order chi connectivity index (χ1) is 10.1. The first kappa shape index (κ1) is 15.1. The highest BCUT2D eigenvalue weighted by atomic mass is 16.2. The van der Waals surface area contributed by atoms with Gasteiger partial charge in [-0.3, -0.25) is 0 Å². The molecule has 0 aromatic heterocycles. The third-order valence-corrected chi connectivity index (χ3v) is 3.74. The number of benzene rings is 2. The molecule has 0 saturated carbocycles. The van der Waals surface area contributed by atoms with Gasteiger partial charge in [0.05, 0.1) is 0 Å². The molecule has 110 valence electrons. The van der Waals surface area contributed by atoms with Gasteiger partial charge in [0.15, 0.2) is 0 Å². The van der Waals surface area contributed by atoms with Crippen LogP contribution in [0.25, 0.3) is 0 Å². The van der Waals surface area contributed by atoms with Gasteiger partial charge >= 0.3 is 6.03 Å². The van der Waals surface area contributed by atoms with Crippen LogP contribution in [0.5, 0.6) is 0 Å². The smallest absolute Gasteiger partial charge is 0.321 e. The summed E-state index contributed by atoms with van der Waals surface area (Å²) in [4.78, 5) is 14.1. The maximum atomic E-state index is 12.3. The molecule has 21 heavy (non-hydrogen) atoms. The molecule has 0 heterocycles. The highest BCUT2D eigenvalue weighted by molar-refractivity contribution is 5.90. The summed E-state index contributed by atoms with van der Waals surface area (Å²) in [6.45, 7) is 4.05. The Morgan fingerprint density at radius 1 is 1.10 bits per heavy atom. The normalized spacial score (nSPS) is 11.8. The lowest BCUT2D eigenvalue weighted by atomic mass is 10.1. The minimum Gasteiger partial charge on any atom is -0.325 e. The van der Waals surface area contributed by atoms with Crippen molar-refractivity contribution in [3.8, 4) is 0 Å². The van der Waals surface area contributed by atoms with Crippen molar-refractivity contribution in [1.82, 2.24) is 4.90 Å². The van der Waals surface area contributed by atoms with Gasteiger partial charge in [-0.2, -0.15) is 0 Å². The highest BCUT2D eigenvalue weighted by Gasteiger charge is 2.16. The minimum absolute atomic E-state index is 0.0762. The van der Waals surface area contributed by atoms with Gasteiger partial charge in [0.2, 0.25) is 0 Å². The zero-order valence-corrected chi connectivity index (χ0v) is 12.8. The second kappa shape index (κ2) is 6.93. The Labute approximate surface area is 126 Å². The molecule has 0 aliphatic carbocycles. The summed E-state index contributed by atoms with van der Waals surface area (Å²) < 4.78 is 0. The number of para-hydroxylation sites is 1. The largest absolute Gasteiger partial charge is 0.325 e. The lowest BCUT2D eigenvalue weighted by molar-refractivity contribution is 0.207. The van der Waals surface area contributed by atoms with Crippen LogP contribution in [-0.2, 0) is 6.42 Å². The van der Waals surface area contributed by atoms with Gasteiger partial charge in [-0.05, 0) is 37.5 Å². The number of carbonyl (C=O) groups excluding carboxylic acids is 1. The average Bonchev–Trinajstić information content (AvgIpc) is 2.49. The molecule has 3 heteroatoms. The van der Waals surface area contributed by atoms with E-state index in [0.29, 0.717) is 0 Å². The van der Waals surface area contributed by atoms with Crippen molar-refractivity contribution in [3.63, 3.8) is 0 Å². The van der Waals surface area contributed by atoms with Crippen molar-refractivity contribution in [3.05, 3.63) is 65.7 Å².